The monoisotopic (exact) mass is 425 g/mol. The van der Waals surface area contributed by atoms with E-state index >= 15 is 0 Å². The first-order valence-corrected chi connectivity index (χ1v) is 10.5. The minimum absolute atomic E-state index is 0.317. The highest BCUT2D eigenvalue weighted by molar-refractivity contribution is 6.01. The van der Waals surface area contributed by atoms with Crippen LogP contribution in [0.25, 0.3) is 0 Å². The Morgan fingerprint density at radius 3 is 2.23 bits per heavy atom. The number of piperidine rings is 1. The Morgan fingerprint density at radius 2 is 1.55 bits per heavy atom. The van der Waals surface area contributed by atoms with Crippen LogP contribution in [0, 0.1) is 0 Å². The molecule has 2 aromatic rings. The fourth-order valence-corrected chi connectivity index (χ4v) is 3.73. The number of hydrogen-bond acceptors (Lipinski definition) is 6. The van der Waals surface area contributed by atoms with Gasteiger partial charge in [-0.25, -0.2) is 5.43 Å². The normalized spacial score (nSPS) is 14.8. The molecule has 0 spiro atoms. The number of likely N-dealkylation sites (tertiary alicyclic amines) is 1. The fraction of sp³-hybridized carbons (Fsp3) is 0.417. The zero-order valence-electron chi connectivity index (χ0n) is 18.7. The molecule has 1 heterocycles. The predicted molar refractivity (Wildman–Crippen MR) is 121 cm³/mol. The molecule has 1 aliphatic heterocycles. The van der Waals surface area contributed by atoms with Gasteiger partial charge in [-0.1, -0.05) is 6.42 Å². The molecule has 3 rings (SSSR count). The van der Waals surface area contributed by atoms with E-state index in [4.69, 9.17) is 14.2 Å². The Balaban J connectivity index is 1.73. The molecule has 0 aromatic heterocycles. The topological polar surface area (TPSA) is 72.4 Å². The van der Waals surface area contributed by atoms with Gasteiger partial charge in [0.2, 0.25) is 0 Å². The molecule has 0 radical (unpaired) electrons. The lowest BCUT2D eigenvalue weighted by Gasteiger charge is -2.27. The van der Waals surface area contributed by atoms with Gasteiger partial charge in [0.15, 0.2) is 11.5 Å². The van der Waals surface area contributed by atoms with Gasteiger partial charge in [0.05, 0.1) is 27.0 Å². The van der Waals surface area contributed by atoms with Crippen molar-refractivity contribution in [2.45, 2.75) is 32.7 Å². The quantitative estimate of drug-likeness (QED) is 0.514. The van der Waals surface area contributed by atoms with Crippen LogP contribution in [0.5, 0.6) is 17.2 Å². The zero-order chi connectivity index (χ0) is 22.2. The van der Waals surface area contributed by atoms with Crippen molar-refractivity contribution in [3.05, 3.63) is 53.1 Å². The molecule has 2 aromatic carbocycles. The second-order valence-corrected chi connectivity index (χ2v) is 7.57. The van der Waals surface area contributed by atoms with Gasteiger partial charge in [0.25, 0.3) is 5.91 Å². The molecule has 0 unspecified atom stereocenters. The number of rotatable bonds is 8. The van der Waals surface area contributed by atoms with Gasteiger partial charge in [-0.2, -0.15) is 5.10 Å². The number of hydrazone groups is 1. The van der Waals surface area contributed by atoms with Crippen LogP contribution in [0.15, 0.2) is 41.5 Å². The van der Waals surface area contributed by atoms with E-state index in [0.29, 0.717) is 17.1 Å². The molecule has 0 atom stereocenters. The third-order valence-electron chi connectivity index (χ3n) is 5.51. The Bertz CT molecular complexity index is 936. The first kappa shape index (κ1) is 22.6. The summed E-state index contributed by atoms with van der Waals surface area (Å²) in [5.74, 6) is 1.62. The van der Waals surface area contributed by atoms with Crippen LogP contribution in [0.2, 0.25) is 0 Å². The molecule has 1 amide bonds. The van der Waals surface area contributed by atoms with E-state index in [2.05, 4.69) is 21.5 Å². The van der Waals surface area contributed by atoms with Crippen molar-refractivity contribution in [3.8, 4) is 17.2 Å². The first-order chi connectivity index (χ1) is 15.0. The zero-order valence-corrected chi connectivity index (χ0v) is 18.7. The number of amides is 1. The number of hydrogen-bond donors (Lipinski definition) is 1. The summed E-state index contributed by atoms with van der Waals surface area (Å²) in [5.41, 5.74) is 5.86. The lowest BCUT2D eigenvalue weighted by atomic mass is 10.0. The Hall–Kier alpha value is -3.06. The number of methoxy groups -OCH3 is 3. The van der Waals surface area contributed by atoms with Crippen LogP contribution >= 0.6 is 0 Å². The lowest BCUT2D eigenvalue weighted by molar-refractivity contribution is 0.0954. The van der Waals surface area contributed by atoms with E-state index in [1.165, 1.54) is 26.4 Å². The highest BCUT2D eigenvalue weighted by atomic mass is 16.5. The standard InChI is InChI=1S/C24H31N3O4/c1-17(25-26-24(28)19-9-11-22(30-3)23(15-19)31-4)18-8-10-21(29-2)20(14-18)16-27-12-6-5-7-13-27/h8-11,14-15H,5-7,12-13,16H2,1-4H3,(H,26,28)/b25-17-. The van der Waals surface area contributed by atoms with Crippen molar-refractivity contribution in [1.29, 1.82) is 0 Å². The molecule has 0 aliphatic carbocycles. The number of ether oxygens (including phenoxy) is 3. The summed E-state index contributed by atoms with van der Waals surface area (Å²) in [6.45, 7) is 4.95. The van der Waals surface area contributed by atoms with Gasteiger partial charge < -0.3 is 14.2 Å². The van der Waals surface area contributed by atoms with Crippen LogP contribution in [0.1, 0.15) is 47.7 Å². The Kier molecular flexibility index (Phi) is 7.89. The SMILES string of the molecule is COc1ccc(/C(C)=N\NC(=O)c2ccc(OC)c(OC)c2)cc1CN1CCCCC1. The maximum atomic E-state index is 12.5. The summed E-state index contributed by atoms with van der Waals surface area (Å²) in [7, 11) is 4.78. The summed E-state index contributed by atoms with van der Waals surface area (Å²) >= 11 is 0. The minimum Gasteiger partial charge on any atom is -0.496 e. The summed E-state index contributed by atoms with van der Waals surface area (Å²) in [5, 5.41) is 4.30. The highest BCUT2D eigenvalue weighted by Gasteiger charge is 2.15. The largest absolute Gasteiger partial charge is 0.496 e. The van der Waals surface area contributed by atoms with Crippen molar-refractivity contribution in [1.82, 2.24) is 10.3 Å². The summed E-state index contributed by atoms with van der Waals surface area (Å²) in [4.78, 5) is 15.0. The van der Waals surface area contributed by atoms with E-state index in [9.17, 15) is 4.79 Å². The molecule has 166 valence electrons. The molecule has 1 aliphatic rings. The molecule has 0 saturated carbocycles. The smallest absolute Gasteiger partial charge is 0.271 e. The second kappa shape index (κ2) is 10.8. The molecule has 0 bridgehead atoms. The molecule has 1 fully saturated rings. The molecular weight excluding hydrogens is 394 g/mol. The van der Waals surface area contributed by atoms with Crippen LogP contribution in [0.4, 0.5) is 0 Å². The second-order valence-electron chi connectivity index (χ2n) is 7.57. The Labute approximate surface area is 184 Å². The van der Waals surface area contributed by atoms with E-state index in [0.717, 1.165) is 42.2 Å². The maximum absolute atomic E-state index is 12.5. The van der Waals surface area contributed by atoms with Gasteiger partial charge in [-0.3, -0.25) is 9.69 Å². The van der Waals surface area contributed by atoms with Crippen LogP contribution in [0.3, 0.4) is 0 Å². The van der Waals surface area contributed by atoms with Crippen molar-refractivity contribution < 1.29 is 19.0 Å². The summed E-state index contributed by atoms with van der Waals surface area (Å²) in [6.07, 6.45) is 3.79. The van der Waals surface area contributed by atoms with Gasteiger partial charge in [0.1, 0.15) is 5.75 Å². The van der Waals surface area contributed by atoms with Gasteiger partial charge in [0, 0.05) is 17.7 Å². The van der Waals surface area contributed by atoms with Crippen molar-refractivity contribution in [3.63, 3.8) is 0 Å². The molecule has 31 heavy (non-hydrogen) atoms. The molecule has 1 N–H and O–H groups in total. The van der Waals surface area contributed by atoms with Gasteiger partial charge >= 0.3 is 0 Å². The highest BCUT2D eigenvalue weighted by Crippen LogP contribution is 2.27. The van der Waals surface area contributed by atoms with Crippen molar-refractivity contribution in [2.24, 2.45) is 5.10 Å². The summed E-state index contributed by atoms with van der Waals surface area (Å²) < 4.78 is 16.0. The van der Waals surface area contributed by atoms with E-state index in [-0.39, 0.29) is 5.91 Å². The van der Waals surface area contributed by atoms with Gasteiger partial charge in [-0.15, -0.1) is 0 Å². The number of nitrogens with zero attached hydrogens (tertiary/aromatic N) is 2. The average Bonchev–Trinajstić information content (AvgIpc) is 2.82. The summed E-state index contributed by atoms with van der Waals surface area (Å²) in [6, 6.07) is 11.0. The van der Waals surface area contributed by atoms with Crippen molar-refractivity contribution in [2.75, 3.05) is 34.4 Å². The van der Waals surface area contributed by atoms with Crippen LogP contribution in [-0.4, -0.2) is 50.9 Å². The van der Waals surface area contributed by atoms with E-state index < -0.39 is 0 Å². The number of benzene rings is 2. The first-order valence-electron chi connectivity index (χ1n) is 10.5. The Morgan fingerprint density at radius 1 is 0.903 bits per heavy atom. The molecule has 7 heteroatoms. The van der Waals surface area contributed by atoms with Gasteiger partial charge in [-0.05, 0) is 74.8 Å². The number of carbonyl (C=O) groups excluding carboxylic acids is 1. The maximum Gasteiger partial charge on any atom is 0.271 e. The van der Waals surface area contributed by atoms with Crippen molar-refractivity contribution >= 4 is 11.6 Å². The lowest BCUT2D eigenvalue weighted by Crippen LogP contribution is -2.29. The molecule has 1 saturated heterocycles. The minimum atomic E-state index is -0.317. The number of nitrogens with one attached hydrogen (secondary N) is 1. The van der Waals surface area contributed by atoms with E-state index in [1.807, 2.05) is 19.1 Å². The predicted octanol–water partition coefficient (Wildman–Crippen LogP) is 3.85. The fourth-order valence-electron chi connectivity index (χ4n) is 3.73. The van der Waals surface area contributed by atoms with Crippen LogP contribution in [-0.2, 0) is 6.54 Å². The average molecular weight is 426 g/mol. The molecule has 7 nitrogen and oxygen atoms in total. The third kappa shape index (κ3) is 5.76. The third-order valence-corrected chi connectivity index (χ3v) is 5.51. The van der Waals surface area contributed by atoms with E-state index in [1.54, 1.807) is 32.4 Å². The number of carbonyl (C=O) groups is 1. The van der Waals surface area contributed by atoms with Crippen LogP contribution < -0.4 is 19.6 Å². The molecular formula is C24H31N3O4.